The lowest BCUT2D eigenvalue weighted by molar-refractivity contribution is 0.249. The van der Waals surface area contributed by atoms with Gasteiger partial charge in [0, 0.05) is 36.1 Å². The molecule has 0 saturated carbocycles. The van der Waals surface area contributed by atoms with Crippen LogP contribution in [0.4, 0.5) is 10.5 Å². The Morgan fingerprint density at radius 3 is 2.74 bits per heavy atom. The van der Waals surface area contributed by atoms with E-state index in [4.69, 9.17) is 0 Å². The van der Waals surface area contributed by atoms with E-state index in [0.717, 1.165) is 18.8 Å². The van der Waals surface area contributed by atoms with Crippen LogP contribution in [0.2, 0.25) is 0 Å². The van der Waals surface area contributed by atoms with E-state index < -0.39 is 0 Å². The van der Waals surface area contributed by atoms with Gasteiger partial charge in [-0.3, -0.25) is 0 Å². The van der Waals surface area contributed by atoms with E-state index in [-0.39, 0.29) is 6.03 Å². The van der Waals surface area contributed by atoms with Crippen LogP contribution in [0.3, 0.4) is 0 Å². The van der Waals surface area contributed by atoms with Crippen molar-refractivity contribution in [2.24, 2.45) is 5.92 Å². The number of aryl methyl sites for hydroxylation is 1. The number of urea groups is 1. The first-order chi connectivity index (χ1) is 11.1. The van der Waals surface area contributed by atoms with Crippen LogP contribution in [0.1, 0.15) is 16.4 Å². The van der Waals surface area contributed by atoms with Gasteiger partial charge in [0.25, 0.3) is 0 Å². The highest BCUT2D eigenvalue weighted by Gasteiger charge is 2.32. The van der Waals surface area contributed by atoms with Gasteiger partial charge in [-0.05, 0) is 43.5 Å². The molecule has 2 N–H and O–H groups in total. The van der Waals surface area contributed by atoms with E-state index in [9.17, 15) is 4.79 Å². The van der Waals surface area contributed by atoms with Crippen LogP contribution in [-0.2, 0) is 0 Å². The highest BCUT2D eigenvalue weighted by Crippen LogP contribution is 2.34. The lowest BCUT2D eigenvalue weighted by atomic mass is 9.94. The molecule has 2 aromatic rings. The molecule has 23 heavy (non-hydrogen) atoms. The molecule has 1 aromatic carbocycles. The van der Waals surface area contributed by atoms with Crippen molar-refractivity contribution < 1.29 is 4.79 Å². The molecule has 1 aromatic heterocycles. The minimum absolute atomic E-state index is 0.131. The summed E-state index contributed by atoms with van der Waals surface area (Å²) in [5.41, 5.74) is 2.01. The topological polar surface area (TPSA) is 44.4 Å². The van der Waals surface area contributed by atoms with Gasteiger partial charge in [-0.1, -0.05) is 23.8 Å². The Morgan fingerprint density at radius 2 is 2.04 bits per heavy atom. The Balaban J connectivity index is 1.54. The number of nitrogens with one attached hydrogen (secondary N) is 2. The SMILES string of the molecule is Cc1ccc(NC(=O)NCC2CN(C)CC2c2cccs2)cc1. The average molecular weight is 329 g/mol. The zero-order valence-corrected chi connectivity index (χ0v) is 14.4. The predicted molar refractivity (Wildman–Crippen MR) is 96.2 cm³/mol. The molecule has 2 heterocycles. The number of hydrogen-bond acceptors (Lipinski definition) is 3. The maximum atomic E-state index is 12.1. The van der Waals surface area contributed by atoms with Gasteiger partial charge in [0.15, 0.2) is 0 Å². The summed E-state index contributed by atoms with van der Waals surface area (Å²) in [7, 11) is 2.15. The molecule has 122 valence electrons. The molecule has 0 bridgehead atoms. The van der Waals surface area contributed by atoms with E-state index in [0.29, 0.717) is 18.4 Å². The third kappa shape index (κ3) is 4.12. The molecule has 5 heteroatoms. The molecule has 2 atom stereocenters. The molecule has 3 rings (SSSR count). The van der Waals surface area contributed by atoms with Crippen molar-refractivity contribution in [2.45, 2.75) is 12.8 Å². The first kappa shape index (κ1) is 16.0. The summed E-state index contributed by atoms with van der Waals surface area (Å²) >= 11 is 1.81. The summed E-state index contributed by atoms with van der Waals surface area (Å²) in [6.45, 7) is 4.82. The molecule has 0 aliphatic carbocycles. The smallest absolute Gasteiger partial charge is 0.319 e. The van der Waals surface area contributed by atoms with Crippen LogP contribution in [0.25, 0.3) is 0 Å². The highest BCUT2D eigenvalue weighted by molar-refractivity contribution is 7.10. The summed E-state index contributed by atoms with van der Waals surface area (Å²) in [5.74, 6) is 0.974. The summed E-state index contributed by atoms with van der Waals surface area (Å²) in [6.07, 6.45) is 0. The van der Waals surface area contributed by atoms with Gasteiger partial charge in [-0.25, -0.2) is 4.79 Å². The normalized spacial score (nSPS) is 21.3. The second-order valence-corrected chi connectivity index (χ2v) is 7.28. The van der Waals surface area contributed by atoms with Crippen molar-refractivity contribution >= 4 is 23.1 Å². The molecule has 1 aliphatic heterocycles. The molecule has 2 unspecified atom stereocenters. The molecular weight excluding hydrogens is 306 g/mol. The van der Waals surface area contributed by atoms with E-state index in [2.05, 4.69) is 40.1 Å². The monoisotopic (exact) mass is 329 g/mol. The van der Waals surface area contributed by atoms with Crippen LogP contribution in [0, 0.1) is 12.8 Å². The van der Waals surface area contributed by atoms with Gasteiger partial charge in [0.1, 0.15) is 0 Å². The van der Waals surface area contributed by atoms with Gasteiger partial charge in [-0.15, -0.1) is 11.3 Å². The van der Waals surface area contributed by atoms with Gasteiger partial charge < -0.3 is 15.5 Å². The first-order valence-electron chi connectivity index (χ1n) is 7.95. The van der Waals surface area contributed by atoms with Crippen LogP contribution in [0.15, 0.2) is 41.8 Å². The molecule has 1 aliphatic rings. The standard InChI is InChI=1S/C18H23N3OS/c1-13-5-7-15(8-6-13)20-18(22)19-10-14-11-21(2)12-16(14)17-4-3-9-23-17/h3-9,14,16H,10-12H2,1-2H3,(H2,19,20,22). The van der Waals surface area contributed by atoms with E-state index >= 15 is 0 Å². The number of likely N-dealkylation sites (N-methyl/N-ethyl adjacent to an activating group) is 1. The summed E-state index contributed by atoms with van der Waals surface area (Å²) < 4.78 is 0. The van der Waals surface area contributed by atoms with Crippen molar-refractivity contribution in [2.75, 3.05) is 32.0 Å². The fourth-order valence-electron chi connectivity index (χ4n) is 3.15. The number of thiophene rings is 1. The summed E-state index contributed by atoms with van der Waals surface area (Å²) in [4.78, 5) is 15.9. The second-order valence-electron chi connectivity index (χ2n) is 6.30. The predicted octanol–water partition coefficient (Wildman–Crippen LogP) is 3.52. The number of benzene rings is 1. The van der Waals surface area contributed by atoms with Crippen LogP contribution in [-0.4, -0.2) is 37.6 Å². The average Bonchev–Trinajstić information content (AvgIpc) is 3.16. The fourth-order valence-corrected chi connectivity index (χ4v) is 4.07. The number of rotatable bonds is 4. The quantitative estimate of drug-likeness (QED) is 0.901. The molecule has 4 nitrogen and oxygen atoms in total. The number of hydrogen-bond donors (Lipinski definition) is 2. The Bertz CT molecular complexity index is 639. The Labute approximate surface area is 141 Å². The minimum Gasteiger partial charge on any atom is -0.338 e. The van der Waals surface area contributed by atoms with Gasteiger partial charge in [0.05, 0.1) is 0 Å². The molecule has 0 spiro atoms. The molecule has 1 saturated heterocycles. The zero-order valence-electron chi connectivity index (χ0n) is 13.6. The number of anilines is 1. The maximum absolute atomic E-state index is 12.1. The number of carbonyl (C=O) groups is 1. The minimum atomic E-state index is -0.131. The van der Waals surface area contributed by atoms with Gasteiger partial charge >= 0.3 is 6.03 Å². The molecule has 2 amide bonds. The van der Waals surface area contributed by atoms with Gasteiger partial charge in [0.2, 0.25) is 0 Å². The number of likely N-dealkylation sites (tertiary alicyclic amines) is 1. The number of nitrogens with zero attached hydrogens (tertiary/aromatic N) is 1. The second kappa shape index (κ2) is 7.15. The van der Waals surface area contributed by atoms with Crippen LogP contribution >= 0.6 is 11.3 Å². The van der Waals surface area contributed by atoms with Crippen molar-refractivity contribution in [1.29, 1.82) is 0 Å². The van der Waals surface area contributed by atoms with Crippen molar-refractivity contribution in [3.05, 3.63) is 52.2 Å². The maximum Gasteiger partial charge on any atom is 0.319 e. The molecular formula is C18H23N3OS. The summed E-state index contributed by atoms with van der Waals surface area (Å²) in [6, 6.07) is 12.0. The summed E-state index contributed by atoms with van der Waals surface area (Å²) in [5, 5.41) is 8.05. The van der Waals surface area contributed by atoms with E-state index in [1.165, 1.54) is 10.4 Å². The van der Waals surface area contributed by atoms with Gasteiger partial charge in [-0.2, -0.15) is 0 Å². The van der Waals surface area contributed by atoms with Crippen molar-refractivity contribution in [1.82, 2.24) is 10.2 Å². The highest BCUT2D eigenvalue weighted by atomic mass is 32.1. The lowest BCUT2D eigenvalue weighted by Crippen LogP contribution is -2.35. The fraction of sp³-hybridized carbons (Fsp3) is 0.389. The number of carbonyl (C=O) groups excluding carboxylic acids is 1. The Morgan fingerprint density at radius 1 is 1.26 bits per heavy atom. The van der Waals surface area contributed by atoms with Crippen LogP contribution < -0.4 is 10.6 Å². The Hall–Kier alpha value is -1.85. The van der Waals surface area contributed by atoms with E-state index in [1.54, 1.807) is 0 Å². The zero-order chi connectivity index (χ0) is 16.2. The van der Waals surface area contributed by atoms with Crippen molar-refractivity contribution in [3.63, 3.8) is 0 Å². The third-order valence-electron chi connectivity index (χ3n) is 4.37. The third-order valence-corrected chi connectivity index (χ3v) is 5.37. The molecule has 0 radical (unpaired) electrons. The number of amides is 2. The lowest BCUT2D eigenvalue weighted by Gasteiger charge is -2.18. The Kier molecular flexibility index (Phi) is 4.98. The van der Waals surface area contributed by atoms with Crippen molar-refractivity contribution in [3.8, 4) is 0 Å². The molecule has 1 fully saturated rings. The largest absolute Gasteiger partial charge is 0.338 e. The first-order valence-corrected chi connectivity index (χ1v) is 8.83. The van der Waals surface area contributed by atoms with Crippen LogP contribution in [0.5, 0.6) is 0 Å². The van der Waals surface area contributed by atoms with E-state index in [1.807, 2.05) is 42.5 Å².